The number of carbonyl (C=O) groups excluding carboxylic acids is 1. The molecular formula is C12H14N2O8. The average Bonchev–Trinajstić information content (AvgIpc) is 2.42. The van der Waals surface area contributed by atoms with Crippen molar-refractivity contribution in [3.05, 3.63) is 56.1 Å². The molecule has 0 heterocycles. The fourth-order valence-electron chi connectivity index (χ4n) is 1.79. The molecule has 0 unspecified atom stereocenters. The molecule has 0 fully saturated rings. The van der Waals surface area contributed by atoms with E-state index in [-0.39, 0.29) is 6.42 Å². The Morgan fingerprint density at radius 3 is 2.18 bits per heavy atom. The summed E-state index contributed by atoms with van der Waals surface area (Å²) in [6, 6.07) is 8.24. The van der Waals surface area contributed by atoms with E-state index >= 15 is 0 Å². The van der Waals surface area contributed by atoms with Crippen molar-refractivity contribution in [2.75, 3.05) is 0 Å². The van der Waals surface area contributed by atoms with E-state index in [1.54, 1.807) is 30.3 Å². The van der Waals surface area contributed by atoms with Crippen LogP contribution in [0.3, 0.4) is 0 Å². The first-order valence-electron chi connectivity index (χ1n) is 6.18. The molecule has 120 valence electrons. The predicted octanol–water partition coefficient (Wildman–Crippen LogP) is 0.333. The van der Waals surface area contributed by atoms with Crippen LogP contribution in [0, 0.1) is 20.2 Å². The zero-order valence-electron chi connectivity index (χ0n) is 11.5. The van der Waals surface area contributed by atoms with Gasteiger partial charge in [0.15, 0.2) is 18.0 Å². The van der Waals surface area contributed by atoms with E-state index in [9.17, 15) is 30.1 Å². The van der Waals surface area contributed by atoms with Crippen molar-refractivity contribution >= 4 is 5.78 Å². The van der Waals surface area contributed by atoms with Crippen molar-refractivity contribution in [1.82, 2.24) is 0 Å². The highest BCUT2D eigenvalue weighted by Gasteiger charge is 2.37. The van der Waals surface area contributed by atoms with Crippen LogP contribution in [0.1, 0.15) is 12.5 Å². The molecule has 0 aliphatic heterocycles. The number of hydrogen-bond acceptors (Lipinski definition) is 8. The molecule has 0 radical (unpaired) electrons. The number of Topliss-reactive ketones (excluding diaryl/α,β-unsaturated/α-hetero) is 1. The minimum Gasteiger partial charge on any atom is -0.391 e. The summed E-state index contributed by atoms with van der Waals surface area (Å²) in [5, 5.41) is 27.9. The number of benzene rings is 1. The monoisotopic (exact) mass is 314 g/mol. The largest absolute Gasteiger partial charge is 0.391 e. The van der Waals surface area contributed by atoms with Crippen LogP contribution in [0.4, 0.5) is 0 Å². The standard InChI is InChI=1S/C12H14N2O8/c1-8(15)11(21-13(17)18)12(22-14(19)20)10(16)7-9-5-3-2-4-6-9/h2-6,8,11-12,15H,7H2,1H3/t8-,11-,12-/m0/s1. The van der Waals surface area contributed by atoms with E-state index in [2.05, 4.69) is 9.68 Å². The van der Waals surface area contributed by atoms with Crippen LogP contribution in [0.5, 0.6) is 0 Å². The number of nitrogens with zero attached hydrogens (tertiary/aromatic N) is 2. The first-order valence-corrected chi connectivity index (χ1v) is 6.18. The Hall–Kier alpha value is -2.75. The second-order valence-corrected chi connectivity index (χ2v) is 4.41. The molecular weight excluding hydrogens is 300 g/mol. The molecule has 22 heavy (non-hydrogen) atoms. The summed E-state index contributed by atoms with van der Waals surface area (Å²) in [5.74, 6) is -0.823. The molecule has 1 rings (SSSR count). The Morgan fingerprint density at radius 1 is 1.18 bits per heavy atom. The van der Waals surface area contributed by atoms with Gasteiger partial charge in [0.2, 0.25) is 0 Å². The van der Waals surface area contributed by atoms with Crippen molar-refractivity contribution in [1.29, 1.82) is 0 Å². The summed E-state index contributed by atoms with van der Waals surface area (Å²) in [4.78, 5) is 41.4. The SMILES string of the molecule is C[C@H](O)[C@H](O[N+](=O)[O-])[C@@H](O[N+](=O)[O-])C(=O)Cc1ccccc1. The maximum Gasteiger partial charge on any atom is 0.295 e. The topological polar surface area (TPSA) is 142 Å². The number of rotatable bonds is 9. The maximum atomic E-state index is 12.1. The van der Waals surface area contributed by atoms with Gasteiger partial charge < -0.3 is 14.8 Å². The van der Waals surface area contributed by atoms with Crippen LogP contribution in [-0.4, -0.2) is 39.4 Å². The highest BCUT2D eigenvalue weighted by molar-refractivity contribution is 5.85. The van der Waals surface area contributed by atoms with E-state index in [1.807, 2.05) is 0 Å². The molecule has 0 spiro atoms. The number of ketones is 1. The lowest BCUT2D eigenvalue weighted by atomic mass is 9.99. The van der Waals surface area contributed by atoms with Crippen molar-refractivity contribution < 1.29 is 29.7 Å². The minimum absolute atomic E-state index is 0.260. The number of aliphatic hydroxyl groups is 1. The lowest BCUT2D eigenvalue weighted by Gasteiger charge is -2.24. The summed E-state index contributed by atoms with van der Waals surface area (Å²) in [5.41, 5.74) is 0.537. The van der Waals surface area contributed by atoms with Crippen LogP contribution in [0.15, 0.2) is 30.3 Å². The van der Waals surface area contributed by atoms with Crippen molar-refractivity contribution in [2.24, 2.45) is 0 Å². The van der Waals surface area contributed by atoms with Gasteiger partial charge in [-0.15, -0.1) is 20.2 Å². The third-order valence-electron chi connectivity index (χ3n) is 2.72. The Kier molecular flexibility index (Phi) is 6.20. The van der Waals surface area contributed by atoms with Crippen LogP contribution < -0.4 is 0 Å². The van der Waals surface area contributed by atoms with Gasteiger partial charge in [0, 0.05) is 6.42 Å². The first kappa shape index (κ1) is 17.3. The lowest BCUT2D eigenvalue weighted by Crippen LogP contribution is -2.47. The maximum absolute atomic E-state index is 12.1. The summed E-state index contributed by atoms with van der Waals surface area (Å²) in [6.45, 7) is 1.10. The Morgan fingerprint density at radius 2 is 1.73 bits per heavy atom. The van der Waals surface area contributed by atoms with Crippen LogP contribution >= 0.6 is 0 Å². The molecule has 1 aromatic rings. The summed E-state index contributed by atoms with van der Waals surface area (Å²) in [6.07, 6.45) is -5.52. The number of carbonyl (C=O) groups is 1. The summed E-state index contributed by atoms with van der Waals surface area (Å²) >= 11 is 0. The minimum atomic E-state index is -1.92. The average molecular weight is 314 g/mol. The molecule has 0 saturated heterocycles. The number of hydrogen-bond donors (Lipinski definition) is 1. The zero-order chi connectivity index (χ0) is 16.7. The normalized spacial score (nSPS) is 14.5. The predicted molar refractivity (Wildman–Crippen MR) is 70.6 cm³/mol. The van der Waals surface area contributed by atoms with Crippen LogP contribution in [0.25, 0.3) is 0 Å². The van der Waals surface area contributed by atoms with Crippen molar-refractivity contribution in [3.63, 3.8) is 0 Å². The molecule has 10 heteroatoms. The third kappa shape index (κ3) is 5.32. The lowest BCUT2D eigenvalue weighted by molar-refractivity contribution is -0.797. The Labute approximate surface area is 124 Å². The Bertz CT molecular complexity index is 533. The van der Waals surface area contributed by atoms with E-state index in [4.69, 9.17) is 0 Å². The number of aliphatic hydroxyl groups excluding tert-OH is 1. The van der Waals surface area contributed by atoms with Gasteiger partial charge in [0.25, 0.3) is 10.2 Å². The van der Waals surface area contributed by atoms with Gasteiger partial charge in [0.1, 0.15) is 0 Å². The van der Waals surface area contributed by atoms with E-state index in [1.165, 1.54) is 0 Å². The second-order valence-electron chi connectivity index (χ2n) is 4.41. The van der Waals surface area contributed by atoms with Gasteiger partial charge in [-0.3, -0.25) is 4.79 Å². The van der Waals surface area contributed by atoms with E-state index < -0.39 is 34.3 Å². The molecule has 0 aromatic heterocycles. The molecule has 3 atom stereocenters. The van der Waals surface area contributed by atoms with Gasteiger partial charge in [-0.05, 0) is 12.5 Å². The van der Waals surface area contributed by atoms with Gasteiger partial charge in [-0.2, -0.15) is 0 Å². The van der Waals surface area contributed by atoms with Gasteiger partial charge >= 0.3 is 0 Å². The molecule has 0 aliphatic carbocycles. The van der Waals surface area contributed by atoms with Crippen molar-refractivity contribution in [3.8, 4) is 0 Å². The van der Waals surface area contributed by atoms with Gasteiger partial charge in [-0.1, -0.05) is 30.3 Å². The van der Waals surface area contributed by atoms with Crippen LogP contribution in [-0.2, 0) is 20.9 Å². The third-order valence-corrected chi connectivity index (χ3v) is 2.72. The summed E-state index contributed by atoms with van der Waals surface area (Å²) in [7, 11) is 0. The fraction of sp³-hybridized carbons (Fsp3) is 0.417. The quantitative estimate of drug-likeness (QED) is 0.507. The van der Waals surface area contributed by atoms with Gasteiger partial charge in [0.05, 0.1) is 6.10 Å². The molecule has 10 nitrogen and oxygen atoms in total. The van der Waals surface area contributed by atoms with Crippen LogP contribution in [0.2, 0.25) is 0 Å². The molecule has 0 bridgehead atoms. The van der Waals surface area contributed by atoms with Gasteiger partial charge in [-0.25, -0.2) is 0 Å². The molecule has 0 saturated carbocycles. The molecule has 0 amide bonds. The molecule has 0 aliphatic rings. The van der Waals surface area contributed by atoms with E-state index in [0.717, 1.165) is 6.92 Å². The molecule has 1 aromatic carbocycles. The van der Waals surface area contributed by atoms with Crippen molar-refractivity contribution in [2.45, 2.75) is 31.7 Å². The first-order chi connectivity index (χ1) is 10.3. The molecule has 1 N–H and O–H groups in total. The fourth-order valence-corrected chi connectivity index (χ4v) is 1.79. The summed E-state index contributed by atoms with van der Waals surface area (Å²) < 4.78 is 0. The highest BCUT2D eigenvalue weighted by Crippen LogP contribution is 2.14. The smallest absolute Gasteiger partial charge is 0.295 e. The highest BCUT2D eigenvalue weighted by atomic mass is 17.0. The zero-order valence-corrected chi connectivity index (χ0v) is 11.5. The Balaban J connectivity index is 2.96. The van der Waals surface area contributed by atoms with E-state index in [0.29, 0.717) is 5.56 Å². The second kappa shape index (κ2) is 7.88.